The van der Waals surface area contributed by atoms with Crippen LogP contribution in [-0.4, -0.2) is 21.1 Å². The van der Waals surface area contributed by atoms with Crippen LogP contribution in [0.15, 0.2) is 6.33 Å². The van der Waals surface area contributed by atoms with Gasteiger partial charge in [-0.2, -0.15) is 0 Å². The minimum absolute atomic E-state index is 1.10. The molecule has 0 radical (unpaired) electrons. The van der Waals surface area contributed by atoms with Crippen LogP contribution < -0.4 is 14.3 Å². The van der Waals surface area contributed by atoms with Crippen molar-refractivity contribution >= 4 is 47.4 Å². The molecule has 2 nitrogen and oxygen atoms in total. The topological polar surface area (TPSA) is 16.8 Å². The number of rotatable bonds is 1. The summed E-state index contributed by atoms with van der Waals surface area (Å²) < 4.78 is 5.46. The molecule has 5 heteroatoms. The standard InChI is InChI=1S/C15H25N2SSi2/c1-7-11-13-12(16-10-17(11)2)14-15(18-13)20(5,6)9-8-19(14,3)4/h10H,7-9H2,1-6H3/q+1. The van der Waals surface area contributed by atoms with E-state index in [0.717, 1.165) is 6.42 Å². The number of nitrogens with zero attached hydrogens (tertiary/aromatic N) is 2. The number of hydrogen-bond donors (Lipinski definition) is 0. The van der Waals surface area contributed by atoms with Gasteiger partial charge in [0, 0.05) is 11.6 Å². The zero-order chi connectivity index (χ0) is 14.7. The van der Waals surface area contributed by atoms with E-state index in [0.29, 0.717) is 0 Å². The van der Waals surface area contributed by atoms with Crippen molar-refractivity contribution < 1.29 is 4.57 Å². The van der Waals surface area contributed by atoms with Gasteiger partial charge >= 0.3 is 0 Å². The molecule has 0 fully saturated rings. The molecule has 2 aromatic rings. The molecule has 2 aromatic heterocycles. The van der Waals surface area contributed by atoms with Crippen LogP contribution in [0.25, 0.3) is 10.2 Å². The van der Waals surface area contributed by atoms with Crippen molar-refractivity contribution in [3.8, 4) is 0 Å². The minimum Gasteiger partial charge on any atom is -0.236 e. The van der Waals surface area contributed by atoms with Gasteiger partial charge in [-0.3, -0.25) is 0 Å². The summed E-state index contributed by atoms with van der Waals surface area (Å²) >= 11 is 2.09. The van der Waals surface area contributed by atoms with Gasteiger partial charge in [0.15, 0.2) is 5.52 Å². The van der Waals surface area contributed by atoms with Crippen LogP contribution >= 0.6 is 11.3 Å². The summed E-state index contributed by atoms with van der Waals surface area (Å²) in [6.07, 6.45) is 3.13. The SMILES string of the molecule is CCc1c2sc3c(c2nc[n+]1C)[Si](C)(C)CC[Si]3(C)C. The van der Waals surface area contributed by atoms with Gasteiger partial charge in [0.2, 0.25) is 0 Å². The summed E-state index contributed by atoms with van der Waals surface area (Å²) in [6.45, 7) is 12.5. The van der Waals surface area contributed by atoms with Crippen molar-refractivity contribution in [2.75, 3.05) is 0 Å². The van der Waals surface area contributed by atoms with E-state index in [2.05, 4.69) is 56.1 Å². The first-order valence-corrected chi connectivity index (χ1v) is 14.8. The Kier molecular flexibility index (Phi) is 3.23. The first-order chi connectivity index (χ1) is 9.28. The van der Waals surface area contributed by atoms with Gasteiger partial charge in [-0.15, -0.1) is 11.3 Å². The fourth-order valence-corrected chi connectivity index (χ4v) is 17.1. The highest BCUT2D eigenvalue weighted by Crippen LogP contribution is 2.32. The number of fused-ring (bicyclic) bond motifs is 3. The third kappa shape index (κ3) is 1.94. The molecule has 3 rings (SSSR count). The van der Waals surface area contributed by atoms with Crippen LogP contribution in [0.4, 0.5) is 0 Å². The fraction of sp³-hybridized carbons (Fsp3) is 0.600. The van der Waals surface area contributed by atoms with Crippen molar-refractivity contribution in [3.63, 3.8) is 0 Å². The quantitative estimate of drug-likeness (QED) is 0.582. The predicted molar refractivity (Wildman–Crippen MR) is 94.0 cm³/mol. The van der Waals surface area contributed by atoms with Crippen molar-refractivity contribution in [1.29, 1.82) is 0 Å². The summed E-state index contributed by atoms with van der Waals surface area (Å²) in [7, 11) is -0.390. The van der Waals surface area contributed by atoms with E-state index < -0.39 is 16.1 Å². The van der Waals surface area contributed by atoms with Crippen LogP contribution in [0.2, 0.25) is 38.3 Å². The Hall–Kier alpha value is -0.526. The number of aromatic nitrogens is 2. The first-order valence-electron chi connectivity index (χ1n) is 7.59. The Morgan fingerprint density at radius 1 is 1.20 bits per heavy atom. The molecule has 108 valence electrons. The van der Waals surface area contributed by atoms with Gasteiger partial charge < -0.3 is 0 Å². The lowest BCUT2D eigenvalue weighted by Crippen LogP contribution is -2.61. The zero-order valence-electron chi connectivity index (χ0n) is 13.5. The molecule has 1 aliphatic rings. The molecule has 0 amide bonds. The van der Waals surface area contributed by atoms with E-state index in [-0.39, 0.29) is 0 Å². The lowest BCUT2D eigenvalue weighted by molar-refractivity contribution is -0.680. The fourth-order valence-electron chi connectivity index (χ4n) is 3.49. The first kappa shape index (κ1) is 14.4. The van der Waals surface area contributed by atoms with Crippen molar-refractivity contribution in [1.82, 2.24) is 4.98 Å². The average Bonchev–Trinajstić information content (AvgIpc) is 2.77. The summed E-state index contributed by atoms with van der Waals surface area (Å²) in [6, 6.07) is 2.93. The van der Waals surface area contributed by atoms with Gasteiger partial charge in [0.25, 0.3) is 6.33 Å². The van der Waals surface area contributed by atoms with E-state index in [1.165, 1.54) is 28.0 Å². The van der Waals surface area contributed by atoms with E-state index in [1.54, 1.807) is 9.69 Å². The smallest absolute Gasteiger partial charge is 0.236 e. The normalized spacial score (nSPS) is 20.1. The Balaban J connectivity index is 2.43. The van der Waals surface area contributed by atoms with Gasteiger partial charge in [-0.1, -0.05) is 45.2 Å². The Morgan fingerprint density at radius 3 is 2.50 bits per heavy atom. The molecule has 0 saturated heterocycles. The van der Waals surface area contributed by atoms with Crippen molar-refractivity contribution in [2.45, 2.75) is 51.6 Å². The van der Waals surface area contributed by atoms with Crippen LogP contribution in [0.3, 0.4) is 0 Å². The molecule has 1 aliphatic heterocycles. The van der Waals surface area contributed by atoms with Crippen LogP contribution in [0, 0.1) is 0 Å². The lowest BCUT2D eigenvalue weighted by Gasteiger charge is -2.36. The molecule has 0 unspecified atom stereocenters. The van der Waals surface area contributed by atoms with E-state index >= 15 is 0 Å². The highest BCUT2D eigenvalue weighted by atomic mass is 32.1. The highest BCUT2D eigenvalue weighted by Gasteiger charge is 2.44. The van der Waals surface area contributed by atoms with Crippen LogP contribution in [0.1, 0.15) is 12.6 Å². The second kappa shape index (κ2) is 4.48. The molecule has 0 aromatic carbocycles. The average molecular weight is 322 g/mol. The third-order valence-electron chi connectivity index (χ3n) is 4.93. The maximum absolute atomic E-state index is 4.85. The van der Waals surface area contributed by atoms with Gasteiger partial charge in [0.1, 0.15) is 10.4 Å². The largest absolute Gasteiger partial charge is 0.286 e. The molecule has 0 N–H and O–H groups in total. The molecule has 0 aliphatic carbocycles. The second-order valence-electron chi connectivity index (χ2n) is 7.41. The number of aryl methyl sites for hydroxylation is 2. The predicted octanol–water partition coefficient (Wildman–Crippen LogP) is 2.53. The van der Waals surface area contributed by atoms with Gasteiger partial charge in [0.05, 0.1) is 23.2 Å². The van der Waals surface area contributed by atoms with Gasteiger partial charge in [-0.25, -0.2) is 4.57 Å². The maximum Gasteiger partial charge on any atom is 0.286 e. The molecule has 0 saturated carbocycles. The summed E-state index contributed by atoms with van der Waals surface area (Å²) in [5.74, 6) is 0. The van der Waals surface area contributed by atoms with Crippen LogP contribution in [0.5, 0.6) is 0 Å². The molecule has 3 heterocycles. The summed E-state index contributed by atoms with van der Waals surface area (Å²) in [5, 5.41) is 1.72. The zero-order valence-corrected chi connectivity index (χ0v) is 16.3. The van der Waals surface area contributed by atoms with E-state index in [1.807, 2.05) is 6.33 Å². The van der Waals surface area contributed by atoms with E-state index in [9.17, 15) is 0 Å². The van der Waals surface area contributed by atoms with Gasteiger partial charge in [-0.05, 0) is 9.48 Å². The summed E-state index contributed by atoms with van der Waals surface area (Å²) in [4.78, 5) is 4.85. The van der Waals surface area contributed by atoms with Crippen molar-refractivity contribution in [3.05, 3.63) is 12.0 Å². The Labute approximate surface area is 127 Å². The molecule has 20 heavy (non-hydrogen) atoms. The molecule has 0 bridgehead atoms. The Morgan fingerprint density at radius 2 is 1.85 bits per heavy atom. The molecular weight excluding hydrogens is 296 g/mol. The van der Waals surface area contributed by atoms with Crippen LogP contribution in [-0.2, 0) is 13.5 Å². The number of hydrogen-bond acceptors (Lipinski definition) is 2. The molecule has 0 atom stereocenters. The maximum atomic E-state index is 4.85. The van der Waals surface area contributed by atoms with E-state index in [4.69, 9.17) is 4.98 Å². The monoisotopic (exact) mass is 321 g/mol. The number of thiophene rings is 1. The van der Waals surface area contributed by atoms with Crippen molar-refractivity contribution in [2.24, 2.45) is 7.05 Å². The highest BCUT2D eigenvalue weighted by molar-refractivity contribution is 7.35. The minimum atomic E-state index is -1.29. The second-order valence-corrected chi connectivity index (χ2v) is 18.3. The molecule has 0 spiro atoms. The third-order valence-corrected chi connectivity index (χ3v) is 15.2. The lowest BCUT2D eigenvalue weighted by atomic mass is 10.3. The molecular formula is C15H25N2SSi2+. The Bertz CT molecular complexity index is 689. The summed E-state index contributed by atoms with van der Waals surface area (Å²) in [5.41, 5.74) is 2.82.